The number of aryl methyl sites for hydroxylation is 2. The molecule has 6 heteroatoms. The third kappa shape index (κ3) is 3.39. The molecule has 110 valence electrons. The van der Waals surface area contributed by atoms with Crippen molar-refractivity contribution in [1.82, 2.24) is 20.5 Å². The Morgan fingerprint density at radius 1 is 1.24 bits per heavy atom. The molecule has 0 saturated heterocycles. The Bertz CT molecular complexity index is 702. The molecule has 0 spiro atoms. The topological polar surface area (TPSA) is 90.6 Å². The number of amides is 1. The average Bonchev–Trinajstić information content (AvgIpc) is 2.91. The number of hydrogen-bond acceptors (Lipinski definition) is 3. The molecule has 1 aliphatic rings. The van der Waals surface area contributed by atoms with E-state index in [4.69, 9.17) is 0 Å². The SMILES string of the molecule is O=C(Cc1ccc2c(c1)CCCC2)NCc1n[nH]c(=O)[nH]1. The predicted molar refractivity (Wildman–Crippen MR) is 77.8 cm³/mol. The third-order valence-corrected chi connectivity index (χ3v) is 3.78. The highest BCUT2D eigenvalue weighted by Gasteiger charge is 2.11. The molecule has 0 bridgehead atoms. The zero-order valence-corrected chi connectivity index (χ0v) is 11.7. The number of fused-ring (bicyclic) bond motifs is 1. The van der Waals surface area contributed by atoms with Crippen LogP contribution in [0.3, 0.4) is 0 Å². The fraction of sp³-hybridized carbons (Fsp3) is 0.400. The van der Waals surface area contributed by atoms with Gasteiger partial charge in [0.1, 0.15) is 5.82 Å². The van der Waals surface area contributed by atoms with E-state index in [1.54, 1.807) is 0 Å². The van der Waals surface area contributed by atoms with Crippen molar-refractivity contribution < 1.29 is 4.79 Å². The number of rotatable bonds is 4. The molecule has 6 nitrogen and oxygen atoms in total. The van der Waals surface area contributed by atoms with Gasteiger partial charge in [-0.2, -0.15) is 5.10 Å². The molecule has 21 heavy (non-hydrogen) atoms. The molecule has 1 aromatic heterocycles. The van der Waals surface area contributed by atoms with Gasteiger partial charge in [-0.3, -0.25) is 9.78 Å². The summed E-state index contributed by atoms with van der Waals surface area (Å²) < 4.78 is 0. The lowest BCUT2D eigenvalue weighted by Gasteiger charge is -2.16. The lowest BCUT2D eigenvalue weighted by Crippen LogP contribution is -2.25. The molecular weight excluding hydrogens is 268 g/mol. The molecule has 2 aromatic rings. The number of carbonyl (C=O) groups excluding carboxylic acids is 1. The van der Waals surface area contributed by atoms with E-state index in [0.717, 1.165) is 18.4 Å². The standard InChI is InChI=1S/C15H18N4O2/c20-14(16-9-13-17-15(21)19-18-13)8-10-5-6-11-3-1-2-4-12(11)7-10/h5-7H,1-4,8-9H2,(H,16,20)(H2,17,18,19,21). The fourth-order valence-electron chi connectivity index (χ4n) is 2.72. The number of hydrogen-bond donors (Lipinski definition) is 3. The Hall–Kier alpha value is -2.37. The molecule has 0 fully saturated rings. The molecule has 1 heterocycles. The molecule has 0 saturated carbocycles. The van der Waals surface area contributed by atoms with Gasteiger partial charge in [0, 0.05) is 0 Å². The lowest BCUT2D eigenvalue weighted by atomic mass is 9.90. The minimum atomic E-state index is -0.367. The second-order valence-electron chi connectivity index (χ2n) is 5.39. The van der Waals surface area contributed by atoms with Crippen molar-refractivity contribution in [3.05, 3.63) is 51.2 Å². The van der Waals surface area contributed by atoms with Crippen LogP contribution in [0.5, 0.6) is 0 Å². The van der Waals surface area contributed by atoms with Crippen LogP contribution in [-0.2, 0) is 30.6 Å². The van der Waals surface area contributed by atoms with Crippen molar-refractivity contribution in [2.45, 2.75) is 38.6 Å². The summed E-state index contributed by atoms with van der Waals surface area (Å²) in [5, 5.41) is 8.76. The molecule has 1 aromatic carbocycles. The number of benzene rings is 1. The fourth-order valence-corrected chi connectivity index (χ4v) is 2.72. The highest BCUT2D eigenvalue weighted by atomic mass is 16.2. The molecule has 0 atom stereocenters. The average molecular weight is 286 g/mol. The number of carbonyl (C=O) groups is 1. The third-order valence-electron chi connectivity index (χ3n) is 3.78. The summed E-state index contributed by atoms with van der Waals surface area (Å²) in [5.41, 5.74) is 3.46. The number of H-pyrrole nitrogens is 2. The van der Waals surface area contributed by atoms with Crippen molar-refractivity contribution in [1.29, 1.82) is 0 Å². The van der Waals surface area contributed by atoms with Crippen molar-refractivity contribution in [3.8, 4) is 0 Å². The Morgan fingerprint density at radius 3 is 2.81 bits per heavy atom. The van der Waals surface area contributed by atoms with Gasteiger partial charge in [-0.1, -0.05) is 18.2 Å². The second-order valence-corrected chi connectivity index (χ2v) is 5.39. The number of aromatic amines is 2. The molecular formula is C15H18N4O2. The molecule has 0 radical (unpaired) electrons. The van der Waals surface area contributed by atoms with Crippen LogP contribution in [-0.4, -0.2) is 21.1 Å². The zero-order valence-electron chi connectivity index (χ0n) is 11.7. The predicted octanol–water partition coefficient (Wildman–Crippen LogP) is 0.836. The smallest absolute Gasteiger partial charge is 0.340 e. The first-order chi connectivity index (χ1) is 10.2. The largest absolute Gasteiger partial charge is 0.349 e. The van der Waals surface area contributed by atoms with E-state index < -0.39 is 0 Å². The van der Waals surface area contributed by atoms with Crippen LogP contribution in [0.25, 0.3) is 0 Å². The van der Waals surface area contributed by atoms with Crippen LogP contribution in [0.1, 0.15) is 35.4 Å². The van der Waals surface area contributed by atoms with Crippen LogP contribution in [0.4, 0.5) is 0 Å². The quantitative estimate of drug-likeness (QED) is 0.777. The first-order valence-electron chi connectivity index (χ1n) is 7.21. The van der Waals surface area contributed by atoms with Crippen molar-refractivity contribution in [2.24, 2.45) is 0 Å². The number of aromatic nitrogens is 3. The van der Waals surface area contributed by atoms with Gasteiger partial charge in [-0.05, 0) is 42.4 Å². The van der Waals surface area contributed by atoms with E-state index in [1.165, 1.54) is 24.0 Å². The van der Waals surface area contributed by atoms with Crippen LogP contribution in [0, 0.1) is 0 Å². The monoisotopic (exact) mass is 286 g/mol. The summed E-state index contributed by atoms with van der Waals surface area (Å²) in [6.45, 7) is 0.225. The molecule has 3 N–H and O–H groups in total. The summed E-state index contributed by atoms with van der Waals surface area (Å²) in [6.07, 6.45) is 5.10. The number of nitrogens with one attached hydrogen (secondary N) is 3. The first-order valence-corrected chi connectivity index (χ1v) is 7.21. The van der Waals surface area contributed by atoms with Gasteiger partial charge in [0.2, 0.25) is 5.91 Å². The van der Waals surface area contributed by atoms with E-state index in [-0.39, 0.29) is 18.1 Å². The van der Waals surface area contributed by atoms with Gasteiger partial charge in [0.15, 0.2) is 0 Å². The van der Waals surface area contributed by atoms with Gasteiger partial charge in [0.25, 0.3) is 0 Å². The van der Waals surface area contributed by atoms with E-state index in [1.807, 2.05) is 6.07 Å². The van der Waals surface area contributed by atoms with Crippen LogP contribution in [0.2, 0.25) is 0 Å². The van der Waals surface area contributed by atoms with Crippen LogP contribution >= 0.6 is 0 Å². The Kier molecular flexibility index (Phi) is 3.85. The van der Waals surface area contributed by atoms with Crippen molar-refractivity contribution in [3.63, 3.8) is 0 Å². The van der Waals surface area contributed by atoms with Crippen molar-refractivity contribution in [2.75, 3.05) is 0 Å². The Balaban J connectivity index is 1.58. The second kappa shape index (κ2) is 5.95. The van der Waals surface area contributed by atoms with Gasteiger partial charge >= 0.3 is 5.69 Å². The summed E-state index contributed by atoms with van der Waals surface area (Å²) in [4.78, 5) is 25.3. The number of nitrogens with zero attached hydrogens (tertiary/aromatic N) is 1. The normalized spacial score (nSPS) is 13.7. The van der Waals surface area contributed by atoms with E-state index in [9.17, 15) is 9.59 Å². The van der Waals surface area contributed by atoms with Gasteiger partial charge in [-0.25, -0.2) is 9.89 Å². The summed E-state index contributed by atoms with van der Waals surface area (Å²) in [5.74, 6) is 0.355. The Morgan fingerprint density at radius 2 is 2.05 bits per heavy atom. The summed E-state index contributed by atoms with van der Waals surface area (Å²) >= 11 is 0. The van der Waals surface area contributed by atoms with E-state index in [2.05, 4.69) is 32.6 Å². The highest BCUT2D eigenvalue weighted by Crippen LogP contribution is 2.22. The van der Waals surface area contributed by atoms with Crippen LogP contribution in [0.15, 0.2) is 23.0 Å². The van der Waals surface area contributed by atoms with E-state index >= 15 is 0 Å². The summed E-state index contributed by atoms with van der Waals surface area (Å²) in [6, 6.07) is 6.31. The molecule has 1 aliphatic carbocycles. The molecule has 0 unspecified atom stereocenters. The maximum Gasteiger partial charge on any atom is 0.340 e. The van der Waals surface area contributed by atoms with Crippen molar-refractivity contribution >= 4 is 5.91 Å². The summed E-state index contributed by atoms with van der Waals surface area (Å²) in [7, 11) is 0. The molecule has 0 aliphatic heterocycles. The highest BCUT2D eigenvalue weighted by molar-refractivity contribution is 5.78. The van der Waals surface area contributed by atoms with Gasteiger partial charge < -0.3 is 5.32 Å². The minimum Gasteiger partial charge on any atom is -0.349 e. The van der Waals surface area contributed by atoms with E-state index in [0.29, 0.717) is 12.2 Å². The lowest BCUT2D eigenvalue weighted by molar-refractivity contribution is -0.120. The molecule has 1 amide bonds. The maximum absolute atomic E-state index is 11.9. The molecule has 3 rings (SSSR count). The Labute approximate surface area is 122 Å². The maximum atomic E-state index is 11.9. The van der Waals surface area contributed by atoms with Gasteiger partial charge in [0.05, 0.1) is 13.0 Å². The van der Waals surface area contributed by atoms with Crippen LogP contribution < -0.4 is 11.0 Å². The minimum absolute atomic E-state index is 0.0744. The van der Waals surface area contributed by atoms with Gasteiger partial charge in [-0.15, -0.1) is 0 Å². The zero-order chi connectivity index (χ0) is 14.7. The first kappa shape index (κ1) is 13.6.